The van der Waals surface area contributed by atoms with Gasteiger partial charge in [0, 0.05) is 12.8 Å². The second-order valence-electron chi connectivity index (χ2n) is 20.8. The Morgan fingerprint density at radius 1 is 0.493 bits per heavy atom. The fourth-order valence-corrected chi connectivity index (χ4v) is 8.77. The average molecular weight is 1020 g/mol. The molecule has 0 aliphatic rings. The summed E-state index contributed by atoms with van der Waals surface area (Å²) in [6.45, 7) is 6.94. The topological polar surface area (TPSA) is 111 Å². The Kier molecular flexibility index (Phi) is 49.1. The van der Waals surface area contributed by atoms with Gasteiger partial charge in [0.15, 0.2) is 0 Å². The van der Waals surface area contributed by atoms with Crippen molar-refractivity contribution in [3.05, 3.63) is 72.9 Å². The van der Waals surface area contributed by atoms with Crippen LogP contribution < -0.4 is 5.32 Å². The first-order chi connectivity index (χ1) is 34.4. The van der Waals surface area contributed by atoms with Crippen molar-refractivity contribution < 1.29 is 37.3 Å². The first kappa shape index (κ1) is 68.5. The van der Waals surface area contributed by atoms with Gasteiger partial charge in [-0.1, -0.05) is 210 Å². The largest absolute Gasteiger partial charge is 0.472 e. The van der Waals surface area contributed by atoms with Gasteiger partial charge in [0.05, 0.1) is 33.8 Å². The molecule has 71 heavy (non-hydrogen) atoms. The van der Waals surface area contributed by atoms with Crippen LogP contribution in [0, 0.1) is 0 Å². The summed E-state index contributed by atoms with van der Waals surface area (Å²) in [5.41, 5.74) is 0. The van der Waals surface area contributed by atoms with Crippen molar-refractivity contribution in [3.8, 4) is 0 Å². The number of esters is 1. The monoisotopic (exact) mass is 1020 g/mol. The molecule has 0 saturated carbocycles. The van der Waals surface area contributed by atoms with E-state index in [1.807, 2.05) is 33.3 Å². The third kappa shape index (κ3) is 52.1. The van der Waals surface area contributed by atoms with Crippen LogP contribution in [0.25, 0.3) is 0 Å². The van der Waals surface area contributed by atoms with E-state index >= 15 is 0 Å². The molecule has 412 valence electrons. The molecule has 3 unspecified atom stereocenters. The maximum Gasteiger partial charge on any atom is 0.472 e. The predicted octanol–water partition coefficient (Wildman–Crippen LogP) is 17.7. The molecule has 0 radical (unpaired) electrons. The Balaban J connectivity index is 5.41. The van der Waals surface area contributed by atoms with Gasteiger partial charge in [0.2, 0.25) is 5.91 Å². The van der Waals surface area contributed by atoms with E-state index in [-0.39, 0.29) is 31.5 Å². The molecule has 0 aromatic carbocycles. The van der Waals surface area contributed by atoms with Gasteiger partial charge in [0.1, 0.15) is 19.3 Å². The molecule has 2 N–H and O–H groups in total. The second-order valence-corrected chi connectivity index (χ2v) is 22.3. The molecule has 9 nitrogen and oxygen atoms in total. The van der Waals surface area contributed by atoms with Crippen LogP contribution in [-0.2, 0) is 27.9 Å². The molecule has 0 fully saturated rings. The van der Waals surface area contributed by atoms with E-state index in [0.717, 1.165) is 83.5 Å². The number of quaternary nitrogens is 1. The van der Waals surface area contributed by atoms with Gasteiger partial charge in [-0.05, 0) is 102 Å². The lowest BCUT2D eigenvalue weighted by Gasteiger charge is -2.27. The summed E-state index contributed by atoms with van der Waals surface area (Å²) in [5, 5.41) is 3.03. The number of phosphoric ester groups is 1. The fraction of sp³-hybridized carbons (Fsp3) is 0.770. The molecule has 0 rings (SSSR count). The lowest BCUT2D eigenvalue weighted by molar-refractivity contribution is -0.870. The van der Waals surface area contributed by atoms with Crippen LogP contribution in [0.15, 0.2) is 72.9 Å². The van der Waals surface area contributed by atoms with Crippen molar-refractivity contribution >= 4 is 19.7 Å². The van der Waals surface area contributed by atoms with Gasteiger partial charge >= 0.3 is 13.8 Å². The lowest BCUT2D eigenvalue weighted by Crippen LogP contribution is -2.47. The van der Waals surface area contributed by atoms with E-state index in [9.17, 15) is 19.0 Å². The highest BCUT2D eigenvalue weighted by Crippen LogP contribution is 2.43. The molecular weight excluding hydrogens is 904 g/mol. The predicted molar refractivity (Wildman–Crippen MR) is 305 cm³/mol. The first-order valence-electron chi connectivity index (χ1n) is 29.3. The van der Waals surface area contributed by atoms with E-state index in [1.165, 1.54) is 122 Å². The minimum atomic E-state index is -4.46. The van der Waals surface area contributed by atoms with E-state index in [0.29, 0.717) is 30.3 Å². The zero-order valence-electron chi connectivity index (χ0n) is 47.0. The van der Waals surface area contributed by atoms with Gasteiger partial charge in [-0.2, -0.15) is 0 Å². The molecule has 0 aliphatic heterocycles. The van der Waals surface area contributed by atoms with E-state index in [1.54, 1.807) is 0 Å². The fourth-order valence-electron chi connectivity index (χ4n) is 8.03. The molecule has 0 spiro atoms. The molecule has 0 heterocycles. The molecular formula is C61H112N2O7P+. The Labute approximate surface area is 438 Å². The number of carbonyl (C=O) groups is 2. The van der Waals surface area contributed by atoms with Crippen molar-refractivity contribution in [3.63, 3.8) is 0 Å². The second kappa shape index (κ2) is 51.0. The SMILES string of the molecule is CCCCC/C=C\C/C=C\C/C=C\C/C=C\CCCCCC(=O)NC(COP(=O)(O)OCC[N+](C)(C)C)C(/C=C\CCCCCCCCCCCC)OC(=O)CCCCC/C=C\CCCCCCCCC. The third-order valence-electron chi connectivity index (χ3n) is 12.6. The summed E-state index contributed by atoms with van der Waals surface area (Å²) < 4.78 is 30.6. The molecule has 0 aromatic rings. The van der Waals surface area contributed by atoms with Crippen LogP contribution in [0.4, 0.5) is 0 Å². The summed E-state index contributed by atoms with van der Waals surface area (Å²) in [5.74, 6) is -0.560. The number of unbranched alkanes of at least 4 members (excludes halogenated alkanes) is 26. The number of likely N-dealkylation sites (N-methyl/N-ethyl adjacent to an activating group) is 1. The summed E-state index contributed by atoms with van der Waals surface area (Å²) in [4.78, 5) is 37.6. The van der Waals surface area contributed by atoms with Crippen LogP contribution in [0.5, 0.6) is 0 Å². The number of allylic oxidation sites excluding steroid dienone is 11. The number of carbonyl (C=O) groups excluding carboxylic acids is 2. The molecule has 3 atom stereocenters. The Hall–Kier alpha value is -2.55. The number of rotatable bonds is 52. The Morgan fingerprint density at radius 3 is 1.32 bits per heavy atom. The highest BCUT2D eigenvalue weighted by atomic mass is 31.2. The standard InChI is InChI=1S/C61H111N2O7P/c1-7-10-13-16-19-22-25-28-30-31-32-33-34-35-38-41-44-47-50-53-60(64)62-58(57-69-71(66,67)68-56-55-63(4,5)6)59(52-49-46-43-40-37-27-24-21-18-15-12-9-3)70-61(65)54-51-48-45-42-39-36-29-26-23-20-17-14-11-8-2/h19,22,28,30,32-33,35-36,38-39,49,52,58-59H,7-18,20-21,23-27,29,31,34,37,40-48,50-51,53-57H2,1-6H3,(H-,62,64,66,67)/p+1/b22-19-,30-28-,33-32-,38-35-,39-36-,52-49-. The Bertz CT molecular complexity index is 1450. The summed E-state index contributed by atoms with van der Waals surface area (Å²) in [6.07, 6.45) is 64.7. The molecule has 0 saturated heterocycles. The van der Waals surface area contributed by atoms with E-state index in [2.05, 4.69) is 86.8 Å². The molecule has 0 aliphatic carbocycles. The Morgan fingerprint density at radius 2 is 0.859 bits per heavy atom. The van der Waals surface area contributed by atoms with Crippen LogP contribution in [0.1, 0.15) is 252 Å². The van der Waals surface area contributed by atoms with E-state index < -0.39 is 20.0 Å². The highest BCUT2D eigenvalue weighted by molar-refractivity contribution is 7.47. The smallest absolute Gasteiger partial charge is 0.456 e. The zero-order chi connectivity index (χ0) is 52.2. The van der Waals surface area contributed by atoms with Gasteiger partial charge in [-0.25, -0.2) is 4.57 Å². The number of amides is 1. The van der Waals surface area contributed by atoms with Crippen molar-refractivity contribution in [2.45, 2.75) is 264 Å². The third-order valence-corrected chi connectivity index (χ3v) is 13.6. The number of phosphoric acid groups is 1. The average Bonchev–Trinajstić information content (AvgIpc) is 3.33. The van der Waals surface area contributed by atoms with Crippen molar-refractivity contribution in [1.82, 2.24) is 5.32 Å². The molecule has 0 aromatic heterocycles. The van der Waals surface area contributed by atoms with E-state index in [4.69, 9.17) is 13.8 Å². The van der Waals surface area contributed by atoms with Crippen LogP contribution in [0.2, 0.25) is 0 Å². The number of nitrogens with zero attached hydrogens (tertiary/aromatic N) is 1. The van der Waals surface area contributed by atoms with Gasteiger partial charge in [-0.3, -0.25) is 18.6 Å². The minimum absolute atomic E-state index is 0.0293. The maximum atomic E-state index is 13.5. The normalized spacial score (nSPS) is 14.3. The van der Waals surface area contributed by atoms with Gasteiger partial charge in [0.25, 0.3) is 0 Å². The molecule has 10 heteroatoms. The number of ether oxygens (including phenoxy) is 1. The van der Waals surface area contributed by atoms with Crippen LogP contribution >= 0.6 is 7.82 Å². The van der Waals surface area contributed by atoms with Gasteiger partial charge in [-0.15, -0.1) is 0 Å². The van der Waals surface area contributed by atoms with Crippen LogP contribution in [-0.4, -0.2) is 74.3 Å². The van der Waals surface area contributed by atoms with Crippen molar-refractivity contribution in [1.29, 1.82) is 0 Å². The number of nitrogens with one attached hydrogen (secondary N) is 1. The van der Waals surface area contributed by atoms with Crippen LogP contribution in [0.3, 0.4) is 0 Å². The first-order valence-corrected chi connectivity index (χ1v) is 30.8. The summed E-state index contributed by atoms with van der Waals surface area (Å²) in [7, 11) is 1.46. The molecule has 0 bridgehead atoms. The zero-order valence-corrected chi connectivity index (χ0v) is 47.8. The summed E-state index contributed by atoms with van der Waals surface area (Å²) >= 11 is 0. The number of hydrogen-bond donors (Lipinski definition) is 2. The number of hydrogen-bond acceptors (Lipinski definition) is 6. The summed E-state index contributed by atoms with van der Waals surface area (Å²) in [6, 6.07) is -0.872. The minimum Gasteiger partial charge on any atom is -0.456 e. The quantitative estimate of drug-likeness (QED) is 0.0205. The lowest BCUT2D eigenvalue weighted by atomic mass is 10.1. The van der Waals surface area contributed by atoms with Crippen molar-refractivity contribution in [2.24, 2.45) is 0 Å². The highest BCUT2D eigenvalue weighted by Gasteiger charge is 2.30. The van der Waals surface area contributed by atoms with Gasteiger partial charge < -0.3 is 19.4 Å². The maximum absolute atomic E-state index is 13.5. The van der Waals surface area contributed by atoms with Crippen molar-refractivity contribution in [2.75, 3.05) is 40.9 Å². The molecule has 1 amide bonds.